The molecule has 86 valence electrons. The number of aromatic amines is 1. The van der Waals surface area contributed by atoms with Crippen molar-refractivity contribution in [2.24, 2.45) is 5.90 Å². The van der Waals surface area contributed by atoms with Gasteiger partial charge in [-0.3, -0.25) is 0 Å². The predicted molar refractivity (Wildman–Crippen MR) is 67.4 cm³/mol. The SMILES string of the molecule is NOCCc1ccc2[nH]c3ncccc3c2c1. The van der Waals surface area contributed by atoms with Gasteiger partial charge in [-0.05, 0) is 36.2 Å². The minimum absolute atomic E-state index is 0.534. The molecule has 0 radical (unpaired) electrons. The van der Waals surface area contributed by atoms with E-state index >= 15 is 0 Å². The van der Waals surface area contributed by atoms with E-state index in [-0.39, 0.29) is 0 Å². The number of rotatable bonds is 3. The molecule has 0 aliphatic rings. The maximum Gasteiger partial charge on any atom is 0.138 e. The third-order valence-corrected chi connectivity index (χ3v) is 2.94. The molecule has 2 aromatic heterocycles. The Hall–Kier alpha value is -1.91. The van der Waals surface area contributed by atoms with Gasteiger partial charge in [-0.25, -0.2) is 10.9 Å². The van der Waals surface area contributed by atoms with Crippen LogP contribution in [0.4, 0.5) is 0 Å². The number of hydrogen-bond acceptors (Lipinski definition) is 3. The Morgan fingerprint density at radius 1 is 1.24 bits per heavy atom. The maximum absolute atomic E-state index is 5.04. The van der Waals surface area contributed by atoms with Crippen LogP contribution in [0.5, 0.6) is 0 Å². The van der Waals surface area contributed by atoms with Crippen LogP contribution in [0.1, 0.15) is 5.56 Å². The normalized spacial score (nSPS) is 11.4. The van der Waals surface area contributed by atoms with Crippen LogP contribution in [-0.2, 0) is 11.3 Å². The largest absolute Gasteiger partial charge is 0.339 e. The molecule has 1 aromatic carbocycles. The molecule has 4 heteroatoms. The molecule has 4 nitrogen and oxygen atoms in total. The van der Waals surface area contributed by atoms with Crippen molar-refractivity contribution in [2.75, 3.05) is 6.61 Å². The molecular weight excluding hydrogens is 214 g/mol. The second kappa shape index (κ2) is 4.16. The number of nitrogens with one attached hydrogen (secondary N) is 1. The Bertz CT molecular complexity index is 660. The fourth-order valence-corrected chi connectivity index (χ4v) is 2.11. The summed E-state index contributed by atoms with van der Waals surface area (Å²) < 4.78 is 0. The molecular formula is C13H13N3O. The minimum atomic E-state index is 0.534. The topological polar surface area (TPSA) is 63.9 Å². The van der Waals surface area contributed by atoms with Gasteiger partial charge < -0.3 is 9.82 Å². The molecule has 3 aromatic rings. The first-order chi connectivity index (χ1) is 8.38. The number of nitrogens with two attached hydrogens (primary N) is 1. The van der Waals surface area contributed by atoms with Gasteiger partial charge in [0.25, 0.3) is 0 Å². The lowest BCUT2D eigenvalue weighted by molar-refractivity contribution is 0.141. The standard InChI is InChI=1S/C13H13N3O/c14-17-7-5-9-3-4-12-11(8-9)10-2-1-6-15-13(10)16-12/h1-4,6,8H,5,7,14H2,(H,15,16). The van der Waals surface area contributed by atoms with Crippen LogP contribution in [0.25, 0.3) is 21.9 Å². The second-order valence-electron chi connectivity index (χ2n) is 4.03. The van der Waals surface area contributed by atoms with Crippen molar-refractivity contribution >= 4 is 21.9 Å². The molecule has 0 saturated carbocycles. The fourth-order valence-electron chi connectivity index (χ4n) is 2.11. The van der Waals surface area contributed by atoms with Crippen LogP contribution in [-0.4, -0.2) is 16.6 Å². The Labute approximate surface area is 98.4 Å². The summed E-state index contributed by atoms with van der Waals surface area (Å²) in [6, 6.07) is 10.3. The highest BCUT2D eigenvalue weighted by molar-refractivity contribution is 6.05. The summed E-state index contributed by atoms with van der Waals surface area (Å²) in [6.07, 6.45) is 2.61. The van der Waals surface area contributed by atoms with E-state index in [1.807, 2.05) is 6.07 Å². The Kier molecular flexibility index (Phi) is 2.51. The molecule has 0 unspecified atom stereocenters. The van der Waals surface area contributed by atoms with Crippen LogP contribution >= 0.6 is 0 Å². The zero-order chi connectivity index (χ0) is 11.7. The lowest BCUT2D eigenvalue weighted by Gasteiger charge is -2.00. The van der Waals surface area contributed by atoms with Crippen LogP contribution in [0, 0.1) is 0 Å². The summed E-state index contributed by atoms with van der Waals surface area (Å²) in [7, 11) is 0. The van der Waals surface area contributed by atoms with Crippen molar-refractivity contribution in [2.45, 2.75) is 6.42 Å². The quantitative estimate of drug-likeness (QED) is 0.674. The molecule has 0 aliphatic carbocycles. The number of pyridine rings is 1. The number of benzene rings is 1. The van der Waals surface area contributed by atoms with Crippen LogP contribution < -0.4 is 5.90 Å². The summed E-state index contributed by atoms with van der Waals surface area (Å²) in [5.41, 5.74) is 3.25. The lowest BCUT2D eigenvalue weighted by atomic mass is 10.1. The Morgan fingerprint density at radius 3 is 3.06 bits per heavy atom. The number of nitrogens with zero attached hydrogens (tertiary/aromatic N) is 1. The van der Waals surface area contributed by atoms with Crippen molar-refractivity contribution < 1.29 is 4.84 Å². The van der Waals surface area contributed by atoms with Crippen molar-refractivity contribution in [3.05, 3.63) is 42.1 Å². The van der Waals surface area contributed by atoms with E-state index in [0.717, 1.165) is 23.0 Å². The zero-order valence-corrected chi connectivity index (χ0v) is 9.31. The smallest absolute Gasteiger partial charge is 0.138 e. The first-order valence-electron chi connectivity index (χ1n) is 5.55. The summed E-state index contributed by atoms with van der Waals surface area (Å²) in [4.78, 5) is 12.2. The third-order valence-electron chi connectivity index (χ3n) is 2.94. The highest BCUT2D eigenvalue weighted by Gasteiger charge is 2.05. The molecule has 0 aliphatic heterocycles. The van der Waals surface area contributed by atoms with E-state index in [0.29, 0.717) is 6.61 Å². The molecule has 0 spiro atoms. The third kappa shape index (κ3) is 1.77. The summed E-state index contributed by atoms with van der Waals surface area (Å²) in [6.45, 7) is 0.534. The second-order valence-corrected chi connectivity index (χ2v) is 4.03. The first kappa shape index (κ1) is 10.3. The zero-order valence-electron chi connectivity index (χ0n) is 9.31. The van der Waals surface area contributed by atoms with Gasteiger partial charge in [0.15, 0.2) is 0 Å². The summed E-state index contributed by atoms with van der Waals surface area (Å²) in [5.74, 6) is 5.04. The van der Waals surface area contributed by atoms with Crippen LogP contribution in [0.15, 0.2) is 36.5 Å². The van der Waals surface area contributed by atoms with Gasteiger partial charge in [-0.15, -0.1) is 0 Å². The van der Waals surface area contributed by atoms with Crippen LogP contribution in [0.2, 0.25) is 0 Å². The average Bonchev–Trinajstić information content (AvgIpc) is 2.74. The minimum Gasteiger partial charge on any atom is -0.339 e. The molecule has 17 heavy (non-hydrogen) atoms. The lowest BCUT2D eigenvalue weighted by Crippen LogP contribution is -2.03. The van der Waals surface area contributed by atoms with Gasteiger partial charge in [0.2, 0.25) is 0 Å². The van der Waals surface area contributed by atoms with Crippen molar-refractivity contribution in [1.82, 2.24) is 9.97 Å². The molecule has 3 N–H and O–H groups in total. The molecule has 0 bridgehead atoms. The molecule has 3 rings (SSSR count). The van der Waals surface area contributed by atoms with Gasteiger partial charge >= 0.3 is 0 Å². The Balaban J connectivity index is 2.16. The predicted octanol–water partition coefficient (Wildman–Crippen LogP) is 2.15. The summed E-state index contributed by atoms with van der Waals surface area (Å²) >= 11 is 0. The van der Waals surface area contributed by atoms with Crippen LogP contribution in [0.3, 0.4) is 0 Å². The molecule has 2 heterocycles. The van der Waals surface area contributed by atoms with Crippen molar-refractivity contribution in [3.8, 4) is 0 Å². The van der Waals surface area contributed by atoms with Crippen molar-refractivity contribution in [1.29, 1.82) is 0 Å². The Morgan fingerprint density at radius 2 is 2.18 bits per heavy atom. The van der Waals surface area contributed by atoms with E-state index < -0.39 is 0 Å². The van der Waals surface area contributed by atoms with Gasteiger partial charge in [0.05, 0.1) is 6.61 Å². The first-order valence-corrected chi connectivity index (χ1v) is 5.55. The molecule has 0 atom stereocenters. The van der Waals surface area contributed by atoms with Gasteiger partial charge in [0.1, 0.15) is 5.65 Å². The highest BCUT2D eigenvalue weighted by Crippen LogP contribution is 2.24. The molecule has 0 fully saturated rings. The van der Waals surface area contributed by atoms with Gasteiger partial charge in [0, 0.05) is 22.5 Å². The van der Waals surface area contributed by atoms with Gasteiger partial charge in [-0.1, -0.05) is 6.07 Å². The van der Waals surface area contributed by atoms with Gasteiger partial charge in [-0.2, -0.15) is 0 Å². The molecule has 0 amide bonds. The van der Waals surface area contributed by atoms with E-state index in [2.05, 4.69) is 39.1 Å². The number of aromatic nitrogens is 2. The molecule has 0 saturated heterocycles. The highest BCUT2D eigenvalue weighted by atomic mass is 16.6. The number of fused-ring (bicyclic) bond motifs is 3. The maximum atomic E-state index is 5.04. The van der Waals surface area contributed by atoms with Crippen molar-refractivity contribution in [3.63, 3.8) is 0 Å². The van der Waals surface area contributed by atoms with E-state index in [1.165, 1.54) is 10.9 Å². The number of hydrogen-bond donors (Lipinski definition) is 2. The van der Waals surface area contributed by atoms with E-state index in [9.17, 15) is 0 Å². The van der Waals surface area contributed by atoms with E-state index in [1.54, 1.807) is 6.20 Å². The monoisotopic (exact) mass is 227 g/mol. The fraction of sp³-hybridized carbons (Fsp3) is 0.154. The number of H-pyrrole nitrogens is 1. The average molecular weight is 227 g/mol. The summed E-state index contributed by atoms with van der Waals surface area (Å²) in [5, 5.41) is 2.35. The van der Waals surface area contributed by atoms with E-state index in [4.69, 9.17) is 5.90 Å².